The van der Waals surface area contributed by atoms with Gasteiger partial charge >= 0.3 is 0 Å². The number of hydrogen-bond acceptors (Lipinski definition) is 7. The fraction of sp³-hybridized carbons (Fsp3) is 0.400. The summed E-state index contributed by atoms with van der Waals surface area (Å²) in [4.78, 5) is 21.7. The van der Waals surface area contributed by atoms with Crippen molar-refractivity contribution < 1.29 is 14.3 Å². The summed E-state index contributed by atoms with van der Waals surface area (Å²) in [7, 11) is 1.67. The number of hydrogen-bond donors (Lipinski definition) is 2. The third-order valence-electron chi connectivity index (χ3n) is 6.27. The highest BCUT2D eigenvalue weighted by atomic mass is 32.2. The molecule has 5 rings (SSSR count). The van der Waals surface area contributed by atoms with Crippen molar-refractivity contribution in [3.8, 4) is 5.75 Å². The Morgan fingerprint density at radius 3 is 3.00 bits per heavy atom. The average molecular weight is 465 g/mol. The number of nitrogens with one attached hydrogen (secondary N) is 2. The van der Waals surface area contributed by atoms with E-state index in [1.165, 1.54) is 5.56 Å². The van der Waals surface area contributed by atoms with E-state index in [4.69, 9.17) is 9.47 Å². The minimum absolute atomic E-state index is 0.0680. The lowest BCUT2D eigenvalue weighted by Crippen LogP contribution is -2.39. The van der Waals surface area contributed by atoms with Crippen LogP contribution >= 0.6 is 11.8 Å². The standard InChI is InChI=1S/C25H28N4O3S/c1-31-19-6-8-22-20(11-19)21(27-15-28-22)7-5-18-4-3-17(13-32-18)26-12-16-2-9-24-23(10-16)29-25(30)14-33-24/h2,6,8-11,15,17-18,26H,3-5,7,12-14H2,1H3,(H,29,30)/t17-,18-/m1/s1. The molecular weight excluding hydrogens is 436 g/mol. The third-order valence-corrected chi connectivity index (χ3v) is 7.34. The first-order chi connectivity index (χ1) is 16.2. The van der Waals surface area contributed by atoms with Gasteiger partial charge in [0.15, 0.2) is 0 Å². The van der Waals surface area contributed by atoms with Crippen LogP contribution in [-0.2, 0) is 22.5 Å². The van der Waals surface area contributed by atoms with Crippen LogP contribution in [0.15, 0.2) is 47.6 Å². The fourth-order valence-corrected chi connectivity index (χ4v) is 5.20. The molecule has 0 aliphatic carbocycles. The molecular formula is C25H28N4O3S. The summed E-state index contributed by atoms with van der Waals surface area (Å²) < 4.78 is 11.5. The molecule has 1 fully saturated rings. The fourth-order valence-electron chi connectivity index (χ4n) is 4.41. The van der Waals surface area contributed by atoms with Crippen molar-refractivity contribution in [2.75, 3.05) is 24.8 Å². The number of nitrogens with zero attached hydrogens (tertiary/aromatic N) is 2. The zero-order valence-electron chi connectivity index (χ0n) is 18.7. The summed E-state index contributed by atoms with van der Waals surface area (Å²) in [5.74, 6) is 1.38. The Balaban J connectivity index is 1.11. The number of amides is 1. The van der Waals surface area contributed by atoms with Crippen molar-refractivity contribution in [1.29, 1.82) is 0 Å². The Morgan fingerprint density at radius 2 is 2.15 bits per heavy atom. The summed E-state index contributed by atoms with van der Waals surface area (Å²) in [5.41, 5.74) is 4.07. The number of aryl methyl sites for hydroxylation is 1. The lowest BCUT2D eigenvalue weighted by atomic mass is 9.99. The highest BCUT2D eigenvalue weighted by molar-refractivity contribution is 8.00. The molecule has 1 amide bonds. The molecule has 2 atom stereocenters. The largest absolute Gasteiger partial charge is 0.497 e. The van der Waals surface area contributed by atoms with Gasteiger partial charge in [-0.25, -0.2) is 9.97 Å². The van der Waals surface area contributed by atoms with E-state index in [9.17, 15) is 4.79 Å². The Labute approximate surface area is 197 Å². The molecule has 0 bridgehead atoms. The molecule has 2 aromatic carbocycles. The minimum Gasteiger partial charge on any atom is -0.497 e. The van der Waals surface area contributed by atoms with Crippen LogP contribution < -0.4 is 15.4 Å². The van der Waals surface area contributed by atoms with Crippen LogP contribution in [0.25, 0.3) is 10.9 Å². The van der Waals surface area contributed by atoms with Gasteiger partial charge in [0.2, 0.25) is 5.91 Å². The van der Waals surface area contributed by atoms with E-state index in [1.54, 1.807) is 25.2 Å². The maximum atomic E-state index is 11.6. The molecule has 2 aliphatic heterocycles. The zero-order valence-corrected chi connectivity index (χ0v) is 19.5. The van der Waals surface area contributed by atoms with E-state index >= 15 is 0 Å². The number of anilines is 1. The van der Waals surface area contributed by atoms with Crippen molar-refractivity contribution in [1.82, 2.24) is 15.3 Å². The maximum Gasteiger partial charge on any atom is 0.234 e. The van der Waals surface area contributed by atoms with Gasteiger partial charge in [0.25, 0.3) is 0 Å². The van der Waals surface area contributed by atoms with E-state index in [0.29, 0.717) is 18.4 Å². The number of carbonyl (C=O) groups is 1. The maximum absolute atomic E-state index is 11.6. The van der Waals surface area contributed by atoms with Gasteiger partial charge in [0.1, 0.15) is 12.1 Å². The number of ether oxygens (including phenoxy) is 2. The van der Waals surface area contributed by atoms with E-state index in [-0.39, 0.29) is 12.0 Å². The van der Waals surface area contributed by atoms with Crippen LogP contribution in [0.1, 0.15) is 30.5 Å². The van der Waals surface area contributed by atoms with Crippen LogP contribution in [0, 0.1) is 0 Å². The zero-order chi connectivity index (χ0) is 22.6. The Bertz CT molecular complexity index is 1150. The molecule has 1 aromatic heterocycles. The second kappa shape index (κ2) is 10.1. The smallest absolute Gasteiger partial charge is 0.234 e. The molecule has 3 aromatic rings. The summed E-state index contributed by atoms with van der Waals surface area (Å²) in [5, 5.41) is 7.62. The number of benzene rings is 2. The quantitative estimate of drug-likeness (QED) is 0.548. The van der Waals surface area contributed by atoms with Gasteiger partial charge < -0.3 is 20.1 Å². The van der Waals surface area contributed by atoms with E-state index < -0.39 is 0 Å². The second-order valence-corrected chi connectivity index (χ2v) is 9.54. The van der Waals surface area contributed by atoms with E-state index in [2.05, 4.69) is 38.8 Å². The van der Waals surface area contributed by atoms with Crippen molar-refractivity contribution in [3.05, 3.63) is 54.0 Å². The Hall–Kier alpha value is -2.68. The number of methoxy groups -OCH3 is 1. The monoisotopic (exact) mass is 464 g/mol. The van der Waals surface area contributed by atoms with Crippen LogP contribution in [-0.4, -0.2) is 47.5 Å². The van der Waals surface area contributed by atoms with Crippen LogP contribution in [0.5, 0.6) is 5.75 Å². The molecule has 8 heteroatoms. The van der Waals surface area contributed by atoms with E-state index in [0.717, 1.165) is 65.2 Å². The molecule has 1 saturated heterocycles. The van der Waals surface area contributed by atoms with Gasteiger partial charge in [-0.05, 0) is 61.6 Å². The Morgan fingerprint density at radius 1 is 1.21 bits per heavy atom. The first kappa shape index (κ1) is 22.1. The topological polar surface area (TPSA) is 85.4 Å². The van der Waals surface area contributed by atoms with Crippen molar-refractivity contribution >= 4 is 34.3 Å². The lowest BCUT2D eigenvalue weighted by molar-refractivity contribution is -0.113. The lowest BCUT2D eigenvalue weighted by Gasteiger charge is -2.30. The molecule has 172 valence electrons. The molecule has 7 nitrogen and oxygen atoms in total. The van der Waals surface area contributed by atoms with Crippen molar-refractivity contribution in [2.45, 2.75) is 49.3 Å². The number of fused-ring (bicyclic) bond motifs is 2. The molecule has 0 unspecified atom stereocenters. The highest BCUT2D eigenvalue weighted by Gasteiger charge is 2.22. The van der Waals surface area contributed by atoms with Crippen molar-refractivity contribution in [2.24, 2.45) is 0 Å². The van der Waals surface area contributed by atoms with Gasteiger partial charge in [-0.3, -0.25) is 4.79 Å². The minimum atomic E-state index is 0.0680. The predicted octanol–water partition coefficient (Wildman–Crippen LogP) is 3.95. The van der Waals surface area contributed by atoms with Gasteiger partial charge in [0, 0.05) is 22.9 Å². The Kier molecular flexibility index (Phi) is 6.75. The van der Waals surface area contributed by atoms with Gasteiger partial charge in [-0.15, -0.1) is 11.8 Å². The number of thioether (sulfide) groups is 1. The predicted molar refractivity (Wildman–Crippen MR) is 130 cm³/mol. The highest BCUT2D eigenvalue weighted by Crippen LogP contribution is 2.32. The summed E-state index contributed by atoms with van der Waals surface area (Å²) in [6, 6.07) is 12.5. The van der Waals surface area contributed by atoms with Gasteiger partial charge in [-0.2, -0.15) is 0 Å². The number of aromatic nitrogens is 2. The average Bonchev–Trinajstić information content (AvgIpc) is 2.86. The van der Waals surface area contributed by atoms with Crippen LogP contribution in [0.2, 0.25) is 0 Å². The molecule has 33 heavy (non-hydrogen) atoms. The molecule has 0 spiro atoms. The molecule has 3 heterocycles. The van der Waals surface area contributed by atoms with Gasteiger partial charge in [-0.1, -0.05) is 6.07 Å². The third kappa shape index (κ3) is 5.29. The van der Waals surface area contributed by atoms with Crippen LogP contribution in [0.4, 0.5) is 5.69 Å². The molecule has 2 N–H and O–H groups in total. The summed E-state index contributed by atoms with van der Waals surface area (Å²) in [6.07, 6.45) is 5.79. The molecule has 2 aliphatic rings. The summed E-state index contributed by atoms with van der Waals surface area (Å²) >= 11 is 1.59. The first-order valence-electron chi connectivity index (χ1n) is 11.4. The molecule has 0 saturated carbocycles. The second-order valence-electron chi connectivity index (χ2n) is 8.52. The summed E-state index contributed by atoms with van der Waals surface area (Å²) in [6.45, 7) is 1.47. The van der Waals surface area contributed by atoms with Crippen LogP contribution in [0.3, 0.4) is 0 Å². The SMILES string of the molecule is COc1ccc2ncnc(CC[C@H]3CC[C@@H](NCc4ccc5c(c4)NC(=O)CS5)CO3)c2c1. The normalized spacial score (nSPS) is 20.3. The number of rotatable bonds is 7. The first-order valence-corrected chi connectivity index (χ1v) is 12.3. The number of carbonyl (C=O) groups excluding carboxylic acids is 1. The molecule has 0 radical (unpaired) electrons. The van der Waals surface area contributed by atoms with Gasteiger partial charge in [0.05, 0.1) is 42.5 Å². The van der Waals surface area contributed by atoms with E-state index in [1.807, 2.05) is 18.2 Å². The van der Waals surface area contributed by atoms with Crippen molar-refractivity contribution in [3.63, 3.8) is 0 Å².